The van der Waals surface area contributed by atoms with Crippen molar-refractivity contribution in [2.45, 2.75) is 19.8 Å². The molecule has 0 unspecified atom stereocenters. The summed E-state index contributed by atoms with van der Waals surface area (Å²) in [5, 5.41) is 24.1. The summed E-state index contributed by atoms with van der Waals surface area (Å²) in [6.45, 7) is 3.62. The Kier molecular flexibility index (Phi) is 22.9. The minimum absolute atomic E-state index is 0. The number of halogens is 1. The average Bonchev–Trinajstić information content (AvgIpc) is 2.41. The monoisotopic (exact) mass is 598 g/mol. The van der Waals surface area contributed by atoms with Crippen LogP contribution in [0, 0.1) is 0 Å². The maximum absolute atomic E-state index is 11.7. The normalized spacial score (nSPS) is 8.67. The zero-order chi connectivity index (χ0) is 17.1. The summed E-state index contributed by atoms with van der Waals surface area (Å²) < 4.78 is 9.63. The molecule has 9 nitrogen and oxygen atoms in total. The van der Waals surface area contributed by atoms with Crippen molar-refractivity contribution in [3.8, 4) is 0 Å². The Balaban J connectivity index is -0.000000661. The molecule has 0 N–H and O–H groups in total. The van der Waals surface area contributed by atoms with Gasteiger partial charge >= 0.3 is 150 Å². The van der Waals surface area contributed by atoms with E-state index in [1.165, 1.54) is 12.1 Å². The molecule has 24 heavy (non-hydrogen) atoms. The molecular weight excluding hydrogens is 585 g/mol. The standard InChI is InChI=1S/C11H13ClN2O4.CH2O3.2Cs/c1-3-17-10(15)9(11(16)18-4-2)7-5-6-8(12)14-13-7;2-1(3)4;;/h5-6,9H,3-4H2,1-2H3;(H2,2,3,4);;/q;;2*+1/p-2. The van der Waals surface area contributed by atoms with Crippen molar-refractivity contribution in [2.24, 2.45) is 0 Å². The van der Waals surface area contributed by atoms with Gasteiger partial charge in [-0.2, -0.15) is 5.10 Å². The van der Waals surface area contributed by atoms with Crippen LogP contribution in [0.1, 0.15) is 25.5 Å². The van der Waals surface area contributed by atoms with Crippen molar-refractivity contribution in [2.75, 3.05) is 13.2 Å². The number of aromatic nitrogens is 2. The topological polar surface area (TPSA) is 142 Å². The van der Waals surface area contributed by atoms with Crippen LogP contribution >= 0.6 is 11.6 Å². The molecule has 0 aliphatic carbocycles. The van der Waals surface area contributed by atoms with Gasteiger partial charge in [0, 0.05) is 0 Å². The van der Waals surface area contributed by atoms with Crippen LogP contribution < -0.4 is 148 Å². The molecule has 0 amide bonds. The molecular formula is C12H13ClCs2N2O7. The fraction of sp³-hybridized carbons (Fsp3) is 0.417. The molecule has 1 heterocycles. The molecule has 0 saturated carbocycles. The van der Waals surface area contributed by atoms with Crippen LogP contribution in [0.25, 0.3) is 0 Å². The number of hydrogen-bond acceptors (Lipinski definition) is 9. The molecule has 0 radical (unpaired) electrons. The number of carbonyl (C=O) groups is 3. The number of carboxylic acid groups (broad SMARTS) is 2. The van der Waals surface area contributed by atoms with Crippen molar-refractivity contribution in [3.63, 3.8) is 0 Å². The average molecular weight is 599 g/mol. The molecule has 0 aliphatic heterocycles. The third-order valence-corrected chi connectivity index (χ3v) is 2.19. The van der Waals surface area contributed by atoms with Crippen LogP contribution in [-0.2, 0) is 19.1 Å². The Morgan fingerprint density at radius 2 is 1.46 bits per heavy atom. The minimum Gasteiger partial charge on any atom is -0.652 e. The van der Waals surface area contributed by atoms with Gasteiger partial charge in [-0.25, -0.2) is 0 Å². The number of rotatable bonds is 5. The fourth-order valence-corrected chi connectivity index (χ4v) is 1.37. The van der Waals surface area contributed by atoms with E-state index in [1.807, 2.05) is 0 Å². The van der Waals surface area contributed by atoms with Crippen molar-refractivity contribution in [1.82, 2.24) is 10.2 Å². The Labute approximate surface area is 261 Å². The molecule has 1 rings (SSSR count). The van der Waals surface area contributed by atoms with E-state index in [0.29, 0.717) is 0 Å². The van der Waals surface area contributed by atoms with Crippen LogP contribution in [-0.4, -0.2) is 41.5 Å². The molecule has 0 fully saturated rings. The number of carbonyl (C=O) groups excluding carboxylic acids is 3. The first-order chi connectivity index (χ1) is 10.3. The van der Waals surface area contributed by atoms with Crippen molar-refractivity contribution < 1.29 is 172 Å². The van der Waals surface area contributed by atoms with Gasteiger partial charge in [0.15, 0.2) is 11.1 Å². The van der Waals surface area contributed by atoms with Crippen molar-refractivity contribution >= 4 is 29.7 Å². The van der Waals surface area contributed by atoms with E-state index in [-0.39, 0.29) is 162 Å². The SMILES string of the molecule is CCOC(=O)C(C(=O)OCC)c1ccc(Cl)nn1.O=C([O-])[O-].[Cs+].[Cs+]. The quantitative estimate of drug-likeness (QED) is 0.239. The summed E-state index contributed by atoms with van der Waals surface area (Å²) in [5.74, 6) is -2.66. The number of ether oxygens (including phenoxy) is 2. The third kappa shape index (κ3) is 13.8. The van der Waals surface area contributed by atoms with Crippen LogP contribution in [0.15, 0.2) is 12.1 Å². The second-order valence-corrected chi connectivity index (χ2v) is 3.86. The summed E-state index contributed by atoms with van der Waals surface area (Å²) in [6.07, 6.45) is -2.33. The van der Waals surface area contributed by atoms with Gasteiger partial charge in [-0.15, -0.1) is 5.10 Å². The van der Waals surface area contributed by atoms with E-state index in [4.69, 9.17) is 36.1 Å². The van der Waals surface area contributed by atoms with Gasteiger partial charge < -0.3 is 24.5 Å². The van der Waals surface area contributed by atoms with Gasteiger partial charge in [0.25, 0.3) is 0 Å². The first-order valence-corrected chi connectivity index (χ1v) is 6.41. The fourth-order valence-electron chi connectivity index (χ4n) is 1.27. The van der Waals surface area contributed by atoms with Crippen LogP contribution in [0.3, 0.4) is 0 Å². The first kappa shape index (κ1) is 30.4. The smallest absolute Gasteiger partial charge is 0.652 e. The van der Waals surface area contributed by atoms with Gasteiger partial charge in [-0.1, -0.05) is 11.6 Å². The Morgan fingerprint density at radius 3 is 1.75 bits per heavy atom. The maximum atomic E-state index is 11.7. The predicted molar refractivity (Wildman–Crippen MR) is 68.4 cm³/mol. The summed E-state index contributed by atoms with van der Waals surface area (Å²) in [4.78, 5) is 31.8. The summed E-state index contributed by atoms with van der Waals surface area (Å²) >= 11 is 5.59. The third-order valence-electron chi connectivity index (χ3n) is 1.99. The molecule has 0 bridgehead atoms. The first-order valence-electron chi connectivity index (χ1n) is 6.03. The van der Waals surface area contributed by atoms with E-state index in [9.17, 15) is 9.59 Å². The van der Waals surface area contributed by atoms with E-state index in [0.717, 1.165) is 0 Å². The van der Waals surface area contributed by atoms with Gasteiger partial charge in [0.05, 0.1) is 18.9 Å². The van der Waals surface area contributed by atoms with Crippen LogP contribution in [0.4, 0.5) is 4.79 Å². The summed E-state index contributed by atoms with van der Waals surface area (Å²) in [6, 6.07) is 2.88. The molecule has 0 spiro atoms. The van der Waals surface area contributed by atoms with Crippen molar-refractivity contribution in [1.29, 1.82) is 0 Å². The van der Waals surface area contributed by atoms with Gasteiger partial charge in [-0.05, 0) is 32.1 Å². The Bertz CT molecular complexity index is 495. The zero-order valence-corrected chi connectivity index (χ0v) is 27.1. The Hall–Kier alpha value is 1.68. The van der Waals surface area contributed by atoms with Crippen LogP contribution in [0.5, 0.6) is 0 Å². The Morgan fingerprint density at radius 1 is 1.04 bits per heavy atom. The molecule has 0 aromatic carbocycles. The zero-order valence-electron chi connectivity index (χ0n) is 13.8. The molecule has 0 saturated heterocycles. The molecule has 1 aromatic rings. The maximum Gasteiger partial charge on any atom is 1.00 e. The van der Waals surface area contributed by atoms with Crippen LogP contribution in [0.2, 0.25) is 5.15 Å². The predicted octanol–water partition coefficient (Wildman–Crippen LogP) is -7.10. The number of hydrogen-bond donors (Lipinski definition) is 0. The summed E-state index contributed by atoms with van der Waals surface area (Å²) in [7, 11) is 0. The second-order valence-electron chi connectivity index (χ2n) is 3.47. The molecule has 1 aromatic heterocycles. The summed E-state index contributed by atoms with van der Waals surface area (Å²) in [5.41, 5.74) is 0.149. The van der Waals surface area contributed by atoms with E-state index in [2.05, 4.69) is 10.2 Å². The molecule has 12 heteroatoms. The van der Waals surface area contributed by atoms with Crippen molar-refractivity contribution in [3.05, 3.63) is 23.0 Å². The molecule has 122 valence electrons. The van der Waals surface area contributed by atoms with Gasteiger partial charge in [-0.3, -0.25) is 9.59 Å². The minimum atomic E-state index is -2.33. The van der Waals surface area contributed by atoms with E-state index < -0.39 is 24.0 Å². The van der Waals surface area contributed by atoms with Gasteiger partial charge in [0.2, 0.25) is 0 Å². The van der Waals surface area contributed by atoms with E-state index >= 15 is 0 Å². The number of esters is 2. The van der Waals surface area contributed by atoms with Gasteiger partial charge in [0.1, 0.15) is 0 Å². The molecule has 0 aliphatic rings. The second kappa shape index (κ2) is 18.1. The largest absolute Gasteiger partial charge is 1.00 e. The van der Waals surface area contributed by atoms with E-state index in [1.54, 1.807) is 13.8 Å². The number of nitrogens with zero attached hydrogens (tertiary/aromatic N) is 2. The molecule has 0 atom stereocenters.